The molecule has 0 aromatic carbocycles. The van der Waals surface area contributed by atoms with Crippen molar-refractivity contribution in [3.05, 3.63) is 0 Å². The molecule has 0 fully saturated rings. The lowest BCUT2D eigenvalue weighted by Gasteiger charge is -2.08. The van der Waals surface area contributed by atoms with Crippen molar-refractivity contribution in [2.45, 2.75) is 17.1 Å². The van der Waals surface area contributed by atoms with E-state index < -0.39 is 12.7 Å². The van der Waals surface area contributed by atoms with E-state index in [4.69, 9.17) is 0 Å². The van der Waals surface area contributed by atoms with Gasteiger partial charge in [0.15, 0.2) is 0 Å². The monoisotopic (exact) mass is 253 g/mol. The van der Waals surface area contributed by atoms with E-state index in [2.05, 4.69) is 5.32 Å². The molecule has 0 aliphatic carbocycles. The zero-order valence-electron chi connectivity index (χ0n) is 4.80. The van der Waals surface area contributed by atoms with Gasteiger partial charge in [0.05, 0.1) is 10.6 Å². The first-order valence-electron chi connectivity index (χ1n) is 2.36. The molecule has 0 aromatic heterocycles. The van der Waals surface area contributed by atoms with Gasteiger partial charge in [-0.05, 0) is 6.92 Å². The second-order valence-electron chi connectivity index (χ2n) is 1.61. The number of nitrogens with one attached hydrogen (secondary N) is 1. The summed E-state index contributed by atoms with van der Waals surface area (Å²) in [7, 11) is 0. The highest BCUT2D eigenvalue weighted by Gasteiger charge is 2.26. The molecule has 5 heteroatoms. The molecule has 0 spiro atoms. The number of hydrogen-bond acceptors (Lipinski definition) is 1. The van der Waals surface area contributed by atoms with E-state index >= 15 is 0 Å². The molecule has 0 radical (unpaired) electrons. The molecule has 0 aromatic rings. The molecule has 1 N–H and O–H groups in total. The molecular weight excluding hydrogens is 246 g/mol. The Hall–Kier alpha value is 0.480. The van der Waals surface area contributed by atoms with Gasteiger partial charge < -0.3 is 0 Å². The van der Waals surface area contributed by atoms with Crippen LogP contribution in [0.15, 0.2) is 0 Å². The summed E-state index contributed by atoms with van der Waals surface area (Å²) >= 11 is 1.87. The Kier molecular flexibility index (Phi) is 3.79. The summed E-state index contributed by atoms with van der Waals surface area (Å²) in [4.78, 5) is 0. The van der Waals surface area contributed by atoms with Crippen molar-refractivity contribution in [3.8, 4) is 0 Å². The first-order chi connectivity index (χ1) is 3.92. The zero-order valence-corrected chi connectivity index (χ0v) is 6.95. The number of alkyl halides is 4. The summed E-state index contributed by atoms with van der Waals surface area (Å²) in [6, 6.07) is 0. The van der Waals surface area contributed by atoms with Gasteiger partial charge in [0.1, 0.15) is 0 Å². The third-order valence-corrected chi connectivity index (χ3v) is 1.02. The van der Waals surface area contributed by atoms with Gasteiger partial charge in [-0.15, -0.1) is 0 Å². The van der Waals surface area contributed by atoms with E-state index in [1.807, 2.05) is 22.6 Å². The molecule has 1 unspecified atom stereocenters. The minimum atomic E-state index is -4.08. The van der Waals surface area contributed by atoms with Crippen molar-refractivity contribution in [2.24, 2.45) is 0 Å². The van der Waals surface area contributed by atoms with Gasteiger partial charge in [-0.2, -0.15) is 13.2 Å². The first-order valence-corrected chi connectivity index (χ1v) is 3.60. The standard InChI is InChI=1S/C4H7F3IN/c1-3(8)9-2-4(5,6)7/h3,9H,2H2,1H3. The third-order valence-electron chi connectivity index (χ3n) is 0.584. The molecule has 0 saturated carbocycles. The average Bonchev–Trinajstić information content (AvgIpc) is 1.59. The molecule has 0 saturated heterocycles. The van der Waals surface area contributed by atoms with E-state index in [1.165, 1.54) is 0 Å². The molecule has 0 aliphatic heterocycles. The normalized spacial score (nSPS) is 15.7. The topological polar surface area (TPSA) is 12.0 Å². The summed E-state index contributed by atoms with van der Waals surface area (Å²) in [5.74, 6) is 0. The SMILES string of the molecule is CC(I)NCC(F)(F)F. The lowest BCUT2D eigenvalue weighted by atomic mass is 10.6. The maximum Gasteiger partial charge on any atom is 0.401 e. The Labute approximate surface area is 65.1 Å². The Morgan fingerprint density at radius 1 is 1.56 bits per heavy atom. The lowest BCUT2D eigenvalue weighted by Crippen LogP contribution is -2.31. The lowest BCUT2D eigenvalue weighted by molar-refractivity contribution is -0.124. The van der Waals surface area contributed by atoms with Crippen LogP contribution in [0.3, 0.4) is 0 Å². The van der Waals surface area contributed by atoms with Gasteiger partial charge in [-0.1, -0.05) is 22.6 Å². The number of halogens is 4. The van der Waals surface area contributed by atoms with E-state index in [0.29, 0.717) is 0 Å². The van der Waals surface area contributed by atoms with Gasteiger partial charge in [-0.25, -0.2) is 0 Å². The second-order valence-corrected chi connectivity index (χ2v) is 3.48. The van der Waals surface area contributed by atoms with Crippen LogP contribution in [0.1, 0.15) is 6.92 Å². The third kappa shape index (κ3) is 8.48. The summed E-state index contributed by atoms with van der Waals surface area (Å²) in [6.07, 6.45) is -4.08. The summed E-state index contributed by atoms with van der Waals surface area (Å²) in [5.41, 5.74) is 0. The summed E-state index contributed by atoms with van der Waals surface area (Å²) in [6.45, 7) is 0.753. The fraction of sp³-hybridized carbons (Fsp3) is 1.00. The number of hydrogen-bond donors (Lipinski definition) is 1. The fourth-order valence-electron chi connectivity index (χ4n) is 0.256. The van der Waals surface area contributed by atoms with Gasteiger partial charge in [-0.3, -0.25) is 5.32 Å². The maximum atomic E-state index is 11.4. The molecule has 9 heavy (non-hydrogen) atoms. The van der Waals surface area contributed by atoms with Crippen molar-refractivity contribution >= 4 is 22.6 Å². The predicted octanol–water partition coefficient (Wildman–Crippen LogP) is 1.92. The van der Waals surface area contributed by atoms with E-state index in [9.17, 15) is 13.2 Å². The molecule has 0 rings (SSSR count). The van der Waals surface area contributed by atoms with Crippen molar-refractivity contribution < 1.29 is 13.2 Å². The fourth-order valence-corrected chi connectivity index (χ4v) is 0.477. The van der Waals surface area contributed by atoms with Crippen LogP contribution in [-0.2, 0) is 0 Å². The molecule has 0 bridgehead atoms. The van der Waals surface area contributed by atoms with Gasteiger partial charge >= 0.3 is 6.18 Å². The van der Waals surface area contributed by atoms with Crippen LogP contribution in [0.25, 0.3) is 0 Å². The van der Waals surface area contributed by atoms with Gasteiger partial charge in [0.2, 0.25) is 0 Å². The molecule has 0 aliphatic rings. The van der Waals surface area contributed by atoms with Crippen LogP contribution in [0.4, 0.5) is 13.2 Å². The Morgan fingerprint density at radius 2 is 2.00 bits per heavy atom. The summed E-state index contributed by atoms with van der Waals surface area (Å²) in [5, 5.41) is 2.25. The smallest absolute Gasteiger partial charge is 0.297 e. The first kappa shape index (κ1) is 9.48. The van der Waals surface area contributed by atoms with Crippen LogP contribution in [0.5, 0.6) is 0 Å². The number of rotatable bonds is 2. The van der Waals surface area contributed by atoms with E-state index in [1.54, 1.807) is 6.92 Å². The van der Waals surface area contributed by atoms with E-state index in [0.717, 1.165) is 0 Å². The van der Waals surface area contributed by atoms with Crippen molar-refractivity contribution in [1.29, 1.82) is 0 Å². The molecule has 0 heterocycles. The minimum Gasteiger partial charge on any atom is -0.297 e. The Morgan fingerprint density at radius 3 is 2.11 bits per heavy atom. The Bertz CT molecular complexity index is 80.4. The highest BCUT2D eigenvalue weighted by atomic mass is 127. The van der Waals surface area contributed by atoms with Crippen LogP contribution < -0.4 is 5.32 Å². The molecule has 1 nitrogen and oxygen atoms in total. The van der Waals surface area contributed by atoms with Gasteiger partial charge in [0, 0.05) is 0 Å². The average molecular weight is 253 g/mol. The second kappa shape index (κ2) is 3.60. The Balaban J connectivity index is 3.28. The zero-order chi connectivity index (χ0) is 7.49. The molecular formula is C4H7F3IN. The van der Waals surface area contributed by atoms with Crippen molar-refractivity contribution in [3.63, 3.8) is 0 Å². The molecule has 1 atom stereocenters. The maximum absolute atomic E-state index is 11.4. The van der Waals surface area contributed by atoms with Crippen LogP contribution in [0.2, 0.25) is 0 Å². The van der Waals surface area contributed by atoms with Crippen LogP contribution in [-0.4, -0.2) is 16.8 Å². The molecule has 56 valence electrons. The van der Waals surface area contributed by atoms with Crippen LogP contribution >= 0.6 is 22.6 Å². The van der Waals surface area contributed by atoms with Crippen molar-refractivity contribution in [1.82, 2.24) is 5.32 Å². The van der Waals surface area contributed by atoms with Crippen LogP contribution in [0, 0.1) is 0 Å². The highest BCUT2D eigenvalue weighted by molar-refractivity contribution is 14.1. The summed E-state index contributed by atoms with van der Waals surface area (Å²) < 4.78 is 33.9. The molecule has 0 amide bonds. The van der Waals surface area contributed by atoms with Crippen molar-refractivity contribution in [2.75, 3.05) is 6.54 Å². The van der Waals surface area contributed by atoms with E-state index in [-0.39, 0.29) is 4.05 Å². The predicted molar refractivity (Wildman–Crippen MR) is 37.5 cm³/mol. The van der Waals surface area contributed by atoms with Gasteiger partial charge in [0.25, 0.3) is 0 Å². The highest BCUT2D eigenvalue weighted by Crippen LogP contribution is 2.12. The minimum absolute atomic E-state index is 0.135. The quantitative estimate of drug-likeness (QED) is 0.450. The largest absolute Gasteiger partial charge is 0.401 e.